The van der Waals surface area contributed by atoms with Crippen molar-refractivity contribution >= 4 is 56.8 Å². The number of anilines is 1. The molecule has 1 aromatic heterocycles. The molecule has 8 nitrogen and oxygen atoms in total. The monoisotopic (exact) mass is 448 g/mol. The maximum absolute atomic E-state index is 12.5. The number of thioether (sulfide) groups is 1. The van der Waals surface area contributed by atoms with Crippen LogP contribution in [0.15, 0.2) is 65.6 Å². The zero-order chi connectivity index (χ0) is 22.8. The molecule has 0 aliphatic carbocycles. The van der Waals surface area contributed by atoms with E-state index in [0.717, 1.165) is 46.2 Å². The number of carbonyl (C=O) groups excluding carboxylic acids is 2. The number of rotatable bonds is 7. The summed E-state index contributed by atoms with van der Waals surface area (Å²) < 4.78 is 2.22. The van der Waals surface area contributed by atoms with Crippen LogP contribution in [0.1, 0.15) is 17.3 Å². The summed E-state index contributed by atoms with van der Waals surface area (Å²) in [6.45, 7) is 2.92. The van der Waals surface area contributed by atoms with Gasteiger partial charge in [0, 0.05) is 45.7 Å². The lowest BCUT2D eigenvalue weighted by molar-refractivity contribution is -0.387. The predicted molar refractivity (Wildman–Crippen MR) is 126 cm³/mol. The molecule has 0 saturated carbocycles. The van der Waals surface area contributed by atoms with Crippen molar-refractivity contribution in [3.05, 3.63) is 76.3 Å². The standard InChI is InChI=1S/C23H20N4O4S/c1-2-26-18-6-4-3-5-16(18)17-12-15(8-9-19(17)26)25-22(28)13-32-21-10-7-14(23(24)29)11-20(21)27(30)31/h3-12H,2,13H2,1H3,(H2,24,29)(H,25,28). The summed E-state index contributed by atoms with van der Waals surface area (Å²) in [6.07, 6.45) is 0. The van der Waals surface area contributed by atoms with Crippen molar-refractivity contribution in [2.75, 3.05) is 11.1 Å². The third-order valence-corrected chi connectivity index (χ3v) is 6.23. The molecule has 4 rings (SSSR count). The maximum Gasteiger partial charge on any atom is 0.283 e. The van der Waals surface area contributed by atoms with E-state index in [0.29, 0.717) is 5.69 Å². The van der Waals surface area contributed by atoms with Crippen LogP contribution >= 0.6 is 11.8 Å². The van der Waals surface area contributed by atoms with E-state index in [1.54, 1.807) is 0 Å². The number of primary amides is 1. The smallest absolute Gasteiger partial charge is 0.283 e. The van der Waals surface area contributed by atoms with Crippen LogP contribution in [0.3, 0.4) is 0 Å². The van der Waals surface area contributed by atoms with Crippen LogP contribution < -0.4 is 11.1 Å². The summed E-state index contributed by atoms with van der Waals surface area (Å²) in [5, 5.41) is 16.3. The van der Waals surface area contributed by atoms with Gasteiger partial charge in [-0.15, -0.1) is 11.8 Å². The van der Waals surface area contributed by atoms with Gasteiger partial charge in [0.15, 0.2) is 0 Å². The summed E-state index contributed by atoms with van der Waals surface area (Å²) in [5.74, 6) is -1.06. The second-order valence-corrected chi connectivity index (χ2v) is 8.15. The molecule has 1 heterocycles. The van der Waals surface area contributed by atoms with Gasteiger partial charge in [0.2, 0.25) is 11.8 Å². The molecule has 2 amide bonds. The Kier molecular flexibility index (Phi) is 5.83. The Bertz CT molecular complexity index is 1380. The zero-order valence-electron chi connectivity index (χ0n) is 17.2. The fraction of sp³-hybridized carbons (Fsp3) is 0.130. The van der Waals surface area contributed by atoms with Gasteiger partial charge in [-0.05, 0) is 43.3 Å². The second kappa shape index (κ2) is 8.72. The number of nitrogens with two attached hydrogens (primary N) is 1. The lowest BCUT2D eigenvalue weighted by Gasteiger charge is -2.07. The quantitative estimate of drug-likeness (QED) is 0.244. The molecule has 0 radical (unpaired) electrons. The number of hydrogen-bond donors (Lipinski definition) is 2. The van der Waals surface area contributed by atoms with Crippen LogP contribution in [0, 0.1) is 10.1 Å². The van der Waals surface area contributed by atoms with Gasteiger partial charge in [0.05, 0.1) is 15.6 Å². The minimum absolute atomic E-state index is 0.0223. The Morgan fingerprint density at radius 1 is 1.06 bits per heavy atom. The molecule has 3 aromatic carbocycles. The largest absolute Gasteiger partial charge is 0.366 e. The van der Waals surface area contributed by atoms with E-state index in [2.05, 4.69) is 28.9 Å². The molecule has 0 fully saturated rings. The average Bonchev–Trinajstić information content (AvgIpc) is 3.10. The van der Waals surface area contributed by atoms with Gasteiger partial charge in [0.25, 0.3) is 5.69 Å². The molecular formula is C23H20N4O4S. The molecule has 0 spiro atoms. The van der Waals surface area contributed by atoms with Crippen molar-refractivity contribution in [3.8, 4) is 0 Å². The highest BCUT2D eigenvalue weighted by Crippen LogP contribution is 2.32. The van der Waals surface area contributed by atoms with Gasteiger partial charge in [-0.25, -0.2) is 0 Å². The number of hydrogen-bond acceptors (Lipinski definition) is 5. The first-order valence-corrected chi connectivity index (χ1v) is 10.9. The molecule has 9 heteroatoms. The number of nitro benzene ring substituents is 1. The Balaban J connectivity index is 1.53. The minimum atomic E-state index is -0.748. The normalized spacial score (nSPS) is 11.0. The Hall–Kier alpha value is -3.85. The van der Waals surface area contributed by atoms with Crippen LogP contribution in [0.5, 0.6) is 0 Å². The number of nitro groups is 1. The number of nitrogens with zero attached hydrogens (tertiary/aromatic N) is 2. The number of aryl methyl sites for hydroxylation is 1. The molecule has 0 aliphatic heterocycles. The van der Waals surface area contributed by atoms with E-state index in [-0.39, 0.29) is 27.8 Å². The molecule has 0 atom stereocenters. The van der Waals surface area contributed by atoms with Crippen LogP contribution in [0.2, 0.25) is 0 Å². The molecule has 0 bridgehead atoms. The first-order valence-electron chi connectivity index (χ1n) is 9.91. The van der Waals surface area contributed by atoms with E-state index >= 15 is 0 Å². The van der Waals surface area contributed by atoms with Gasteiger partial charge >= 0.3 is 0 Å². The highest BCUT2D eigenvalue weighted by atomic mass is 32.2. The molecule has 0 unspecified atom stereocenters. The highest BCUT2D eigenvalue weighted by molar-refractivity contribution is 8.00. The molecule has 0 saturated heterocycles. The zero-order valence-corrected chi connectivity index (χ0v) is 18.0. The number of benzene rings is 3. The van der Waals surface area contributed by atoms with E-state index < -0.39 is 10.8 Å². The summed E-state index contributed by atoms with van der Waals surface area (Å²) in [5.41, 5.74) is 7.86. The van der Waals surface area contributed by atoms with Gasteiger partial charge in [-0.2, -0.15) is 0 Å². The van der Waals surface area contributed by atoms with Crippen LogP contribution in [0.25, 0.3) is 21.8 Å². The van der Waals surface area contributed by atoms with Gasteiger partial charge in [-0.1, -0.05) is 18.2 Å². The van der Waals surface area contributed by atoms with E-state index in [9.17, 15) is 19.7 Å². The molecular weight excluding hydrogens is 428 g/mol. The highest BCUT2D eigenvalue weighted by Gasteiger charge is 2.18. The van der Waals surface area contributed by atoms with E-state index in [1.807, 2.05) is 30.3 Å². The van der Waals surface area contributed by atoms with Crippen molar-refractivity contribution in [2.24, 2.45) is 5.73 Å². The van der Waals surface area contributed by atoms with Crippen LogP contribution in [0.4, 0.5) is 11.4 Å². The molecule has 0 aliphatic rings. The van der Waals surface area contributed by atoms with Crippen molar-refractivity contribution in [1.82, 2.24) is 4.57 Å². The van der Waals surface area contributed by atoms with E-state index in [4.69, 9.17) is 5.73 Å². The number of amides is 2. The minimum Gasteiger partial charge on any atom is -0.366 e. The van der Waals surface area contributed by atoms with Crippen molar-refractivity contribution in [1.29, 1.82) is 0 Å². The third kappa shape index (κ3) is 4.02. The predicted octanol–water partition coefficient (Wildman–Crippen LogP) is 4.55. The molecule has 4 aromatic rings. The number of aromatic nitrogens is 1. The maximum atomic E-state index is 12.5. The first kappa shape index (κ1) is 21.4. The molecule has 32 heavy (non-hydrogen) atoms. The van der Waals surface area contributed by atoms with Crippen molar-refractivity contribution in [3.63, 3.8) is 0 Å². The van der Waals surface area contributed by atoms with Crippen molar-refractivity contribution in [2.45, 2.75) is 18.4 Å². The third-order valence-electron chi connectivity index (χ3n) is 5.17. The van der Waals surface area contributed by atoms with Crippen LogP contribution in [-0.2, 0) is 11.3 Å². The SMILES string of the molecule is CCn1c2ccccc2c2cc(NC(=O)CSc3ccc(C(N)=O)cc3[N+](=O)[O-])ccc21. The lowest BCUT2D eigenvalue weighted by Crippen LogP contribution is -2.14. The van der Waals surface area contributed by atoms with E-state index in [1.165, 1.54) is 12.1 Å². The number of nitrogens with one attached hydrogen (secondary N) is 1. The fourth-order valence-corrected chi connectivity index (χ4v) is 4.55. The summed E-state index contributed by atoms with van der Waals surface area (Å²) in [7, 11) is 0. The fourth-order valence-electron chi connectivity index (χ4n) is 3.75. The van der Waals surface area contributed by atoms with Gasteiger partial charge in [0.1, 0.15) is 0 Å². The Labute approximate surface area is 187 Å². The molecule has 3 N–H and O–H groups in total. The number of para-hydroxylation sites is 1. The molecule has 162 valence electrons. The lowest BCUT2D eigenvalue weighted by atomic mass is 10.1. The topological polar surface area (TPSA) is 120 Å². The van der Waals surface area contributed by atoms with Crippen LogP contribution in [-0.4, -0.2) is 27.1 Å². The average molecular weight is 449 g/mol. The first-order chi connectivity index (χ1) is 15.4. The van der Waals surface area contributed by atoms with Gasteiger partial charge in [-0.3, -0.25) is 19.7 Å². The Morgan fingerprint density at radius 3 is 2.53 bits per heavy atom. The summed E-state index contributed by atoms with van der Waals surface area (Å²) in [4.78, 5) is 34.8. The van der Waals surface area contributed by atoms with Gasteiger partial charge < -0.3 is 15.6 Å². The Morgan fingerprint density at radius 2 is 1.81 bits per heavy atom. The van der Waals surface area contributed by atoms with Crippen molar-refractivity contribution < 1.29 is 14.5 Å². The second-order valence-electron chi connectivity index (χ2n) is 7.13. The number of fused-ring (bicyclic) bond motifs is 3. The summed E-state index contributed by atoms with van der Waals surface area (Å²) in [6, 6.07) is 17.9. The number of carbonyl (C=O) groups is 2. The summed E-state index contributed by atoms with van der Waals surface area (Å²) >= 11 is 1.03.